The van der Waals surface area contributed by atoms with Crippen LogP contribution in [0.25, 0.3) is 0 Å². The zero-order valence-electron chi connectivity index (χ0n) is 13.9. The van der Waals surface area contributed by atoms with Gasteiger partial charge < -0.3 is 14.4 Å². The fraction of sp³-hybridized carbons (Fsp3) is 0.562. The number of benzene rings is 1. The van der Waals surface area contributed by atoms with E-state index in [2.05, 4.69) is 0 Å². The molecule has 24 heavy (non-hydrogen) atoms. The van der Waals surface area contributed by atoms with E-state index in [4.69, 9.17) is 9.47 Å². The Balaban J connectivity index is 1.69. The maximum Gasteiger partial charge on any atom is 0.254 e. The summed E-state index contributed by atoms with van der Waals surface area (Å²) in [5, 5.41) is -0.206. The highest BCUT2D eigenvalue weighted by molar-refractivity contribution is 7.90. The highest BCUT2D eigenvalue weighted by Crippen LogP contribution is 2.31. The van der Waals surface area contributed by atoms with Crippen LogP contribution in [0.15, 0.2) is 18.2 Å². The lowest BCUT2D eigenvalue weighted by Gasteiger charge is -2.34. The van der Waals surface area contributed by atoms with E-state index in [1.54, 1.807) is 23.1 Å². The van der Waals surface area contributed by atoms with Gasteiger partial charge in [0.1, 0.15) is 11.5 Å². The first kappa shape index (κ1) is 17.0. The lowest BCUT2D eigenvalue weighted by molar-refractivity contribution is 0.0697. The molecule has 0 bridgehead atoms. The summed E-state index contributed by atoms with van der Waals surface area (Å²) in [5.41, 5.74) is 0.477. The number of methoxy groups -OCH3 is 2. The van der Waals surface area contributed by atoms with Crippen molar-refractivity contribution in [3.8, 4) is 11.5 Å². The Labute approximate surface area is 142 Å². The van der Waals surface area contributed by atoms with Gasteiger partial charge in [0.2, 0.25) is 10.0 Å². The molecule has 1 aromatic rings. The average Bonchev–Trinajstić information content (AvgIpc) is 3.46. The summed E-state index contributed by atoms with van der Waals surface area (Å²) < 4.78 is 36.4. The fourth-order valence-corrected chi connectivity index (χ4v) is 4.66. The quantitative estimate of drug-likeness (QED) is 0.787. The molecule has 2 aliphatic rings. The molecule has 8 heteroatoms. The summed E-state index contributed by atoms with van der Waals surface area (Å²) in [6.07, 6.45) is 1.51. The molecular formula is C16H22N2O5S. The largest absolute Gasteiger partial charge is 0.497 e. The molecule has 1 aliphatic heterocycles. The van der Waals surface area contributed by atoms with Gasteiger partial charge in [0.25, 0.3) is 5.91 Å². The van der Waals surface area contributed by atoms with Crippen molar-refractivity contribution in [3.63, 3.8) is 0 Å². The van der Waals surface area contributed by atoms with Gasteiger partial charge in [0.05, 0.1) is 19.5 Å². The molecule has 0 radical (unpaired) electrons. The van der Waals surface area contributed by atoms with Crippen molar-refractivity contribution in [1.82, 2.24) is 9.21 Å². The zero-order valence-corrected chi connectivity index (χ0v) is 14.7. The van der Waals surface area contributed by atoms with Gasteiger partial charge in [-0.05, 0) is 25.0 Å². The van der Waals surface area contributed by atoms with Crippen LogP contribution in [0.3, 0.4) is 0 Å². The van der Waals surface area contributed by atoms with Gasteiger partial charge in [-0.25, -0.2) is 8.42 Å². The van der Waals surface area contributed by atoms with Crippen molar-refractivity contribution in [2.24, 2.45) is 0 Å². The number of hydrogen-bond acceptors (Lipinski definition) is 5. The SMILES string of the molecule is COc1cc(OC)cc(C(=O)N2CCN(S(=O)(=O)C3CC3)CC2)c1. The van der Waals surface area contributed by atoms with Crippen LogP contribution < -0.4 is 9.47 Å². The van der Waals surface area contributed by atoms with E-state index in [0.717, 1.165) is 12.8 Å². The van der Waals surface area contributed by atoms with Crippen molar-refractivity contribution >= 4 is 15.9 Å². The number of carbonyl (C=O) groups excluding carboxylic acids is 1. The minimum absolute atomic E-state index is 0.143. The van der Waals surface area contributed by atoms with E-state index in [-0.39, 0.29) is 11.2 Å². The molecule has 1 aromatic carbocycles. The standard InChI is InChI=1S/C16H22N2O5S/c1-22-13-9-12(10-14(11-13)23-2)16(19)17-5-7-18(8-6-17)24(20,21)15-3-4-15/h9-11,15H,3-8H2,1-2H3. The zero-order chi connectivity index (χ0) is 17.3. The van der Waals surface area contributed by atoms with Crippen LogP contribution in [0.2, 0.25) is 0 Å². The summed E-state index contributed by atoms with van der Waals surface area (Å²) in [4.78, 5) is 14.4. The number of hydrogen-bond donors (Lipinski definition) is 0. The number of carbonyl (C=O) groups is 1. The lowest BCUT2D eigenvalue weighted by atomic mass is 10.1. The molecular weight excluding hydrogens is 332 g/mol. The molecule has 3 rings (SSSR count). The molecule has 1 saturated carbocycles. The maximum absolute atomic E-state index is 12.7. The second-order valence-corrected chi connectivity index (χ2v) is 8.25. The molecule has 132 valence electrons. The normalized spacial score (nSPS) is 19.2. The molecule has 1 aliphatic carbocycles. The first-order chi connectivity index (χ1) is 11.5. The number of amides is 1. The van der Waals surface area contributed by atoms with Gasteiger partial charge >= 0.3 is 0 Å². The molecule has 0 atom stereocenters. The second-order valence-electron chi connectivity index (χ2n) is 6.04. The number of sulfonamides is 1. The monoisotopic (exact) mass is 354 g/mol. The summed E-state index contributed by atoms with van der Waals surface area (Å²) in [5.74, 6) is 0.955. The smallest absolute Gasteiger partial charge is 0.254 e. The minimum atomic E-state index is -3.17. The van der Waals surface area contributed by atoms with Gasteiger partial charge in [-0.15, -0.1) is 0 Å². The molecule has 1 saturated heterocycles. The number of rotatable bonds is 5. The Hall–Kier alpha value is -1.80. The summed E-state index contributed by atoms with van der Waals surface area (Å²) in [6, 6.07) is 5.03. The minimum Gasteiger partial charge on any atom is -0.497 e. The van der Waals surface area contributed by atoms with Crippen molar-refractivity contribution in [2.45, 2.75) is 18.1 Å². The van der Waals surface area contributed by atoms with E-state index in [1.807, 2.05) is 0 Å². The Morgan fingerprint density at radius 2 is 1.54 bits per heavy atom. The van der Waals surface area contributed by atoms with Gasteiger partial charge in [-0.3, -0.25) is 4.79 Å². The topological polar surface area (TPSA) is 76.2 Å². The van der Waals surface area contributed by atoms with E-state index in [1.165, 1.54) is 18.5 Å². The Kier molecular flexibility index (Phi) is 4.69. The highest BCUT2D eigenvalue weighted by atomic mass is 32.2. The second kappa shape index (κ2) is 6.60. The molecule has 2 fully saturated rings. The van der Waals surface area contributed by atoms with Crippen LogP contribution in [0.4, 0.5) is 0 Å². The van der Waals surface area contributed by atoms with Crippen molar-refractivity contribution < 1.29 is 22.7 Å². The lowest BCUT2D eigenvalue weighted by Crippen LogP contribution is -2.51. The average molecular weight is 354 g/mol. The fourth-order valence-electron chi connectivity index (χ4n) is 2.84. The van der Waals surface area contributed by atoms with Gasteiger partial charge in [-0.2, -0.15) is 4.31 Å². The summed E-state index contributed by atoms with van der Waals surface area (Å²) in [6.45, 7) is 1.49. The van der Waals surface area contributed by atoms with Crippen LogP contribution >= 0.6 is 0 Å². The predicted molar refractivity (Wildman–Crippen MR) is 89.0 cm³/mol. The van der Waals surface area contributed by atoms with E-state index in [9.17, 15) is 13.2 Å². The first-order valence-corrected chi connectivity index (χ1v) is 9.47. The third-order valence-corrected chi connectivity index (χ3v) is 6.83. The first-order valence-electron chi connectivity index (χ1n) is 7.97. The van der Waals surface area contributed by atoms with Crippen LogP contribution in [-0.2, 0) is 10.0 Å². The maximum atomic E-state index is 12.7. The van der Waals surface area contributed by atoms with Crippen LogP contribution in [0.1, 0.15) is 23.2 Å². The Morgan fingerprint density at radius 1 is 1.00 bits per heavy atom. The van der Waals surface area contributed by atoms with Gasteiger partial charge in [0.15, 0.2) is 0 Å². The molecule has 1 heterocycles. The third kappa shape index (κ3) is 3.34. The van der Waals surface area contributed by atoms with Gasteiger partial charge in [0, 0.05) is 37.8 Å². The Bertz CT molecular complexity index is 700. The molecule has 0 N–H and O–H groups in total. The number of piperazine rings is 1. The summed E-state index contributed by atoms with van der Waals surface area (Å²) >= 11 is 0. The van der Waals surface area contributed by atoms with Crippen molar-refractivity contribution in [2.75, 3.05) is 40.4 Å². The van der Waals surface area contributed by atoms with Crippen LogP contribution in [0, 0.1) is 0 Å². The van der Waals surface area contributed by atoms with E-state index in [0.29, 0.717) is 43.2 Å². The van der Waals surface area contributed by atoms with E-state index < -0.39 is 10.0 Å². The van der Waals surface area contributed by atoms with Crippen LogP contribution in [0.5, 0.6) is 11.5 Å². The van der Waals surface area contributed by atoms with Crippen molar-refractivity contribution in [3.05, 3.63) is 23.8 Å². The number of ether oxygens (including phenoxy) is 2. The van der Waals surface area contributed by atoms with E-state index >= 15 is 0 Å². The predicted octanol–water partition coefficient (Wildman–Crippen LogP) is 0.954. The Morgan fingerprint density at radius 3 is 2.00 bits per heavy atom. The molecule has 0 aromatic heterocycles. The van der Waals surface area contributed by atoms with Crippen molar-refractivity contribution in [1.29, 1.82) is 0 Å². The van der Waals surface area contributed by atoms with Gasteiger partial charge in [-0.1, -0.05) is 0 Å². The van der Waals surface area contributed by atoms with Crippen LogP contribution in [-0.4, -0.2) is 69.2 Å². The molecule has 0 spiro atoms. The molecule has 0 unspecified atom stereocenters. The summed E-state index contributed by atoms with van der Waals surface area (Å²) in [7, 11) is -0.104. The molecule has 1 amide bonds. The number of nitrogens with zero attached hydrogens (tertiary/aromatic N) is 2. The highest BCUT2D eigenvalue weighted by Gasteiger charge is 2.41. The molecule has 7 nitrogen and oxygen atoms in total. The third-order valence-electron chi connectivity index (χ3n) is 4.43.